The highest BCUT2D eigenvalue weighted by molar-refractivity contribution is 14.0. The van der Waals surface area contributed by atoms with Crippen molar-refractivity contribution >= 4 is 46.6 Å². The summed E-state index contributed by atoms with van der Waals surface area (Å²) in [5.41, 5.74) is 1.43. The molecule has 6 nitrogen and oxygen atoms in total. The third kappa shape index (κ3) is 5.14. The van der Waals surface area contributed by atoms with Crippen LogP contribution in [0.15, 0.2) is 35.3 Å². The molecule has 2 atom stereocenters. The van der Waals surface area contributed by atoms with Crippen LogP contribution in [0, 0.1) is 5.92 Å². The van der Waals surface area contributed by atoms with E-state index in [2.05, 4.69) is 66.7 Å². The lowest BCUT2D eigenvalue weighted by molar-refractivity contribution is 0.371. The third-order valence-corrected chi connectivity index (χ3v) is 6.23. The smallest absolute Gasteiger partial charge is 0.205 e. The van der Waals surface area contributed by atoms with Gasteiger partial charge in [-0.05, 0) is 24.3 Å². The first-order valence-electron chi connectivity index (χ1n) is 9.86. The molecule has 0 amide bonds. The molecule has 2 aliphatic rings. The van der Waals surface area contributed by atoms with Gasteiger partial charge in [-0.1, -0.05) is 37.3 Å². The minimum absolute atomic E-state index is 0. The molecule has 0 bridgehead atoms. The standard InChI is InChI=1S/C20H28N6S.HI/c1-3-18-23-20(27-24-18)26-11-9-25(10-12-26)19(21-2)22-17-14-16(17)13-15-7-5-4-6-8-15;/h4-8,16-17H,3,9-14H2,1-2H3,(H,21,22);1H. The summed E-state index contributed by atoms with van der Waals surface area (Å²) in [6, 6.07) is 11.3. The highest BCUT2D eigenvalue weighted by Crippen LogP contribution is 2.34. The van der Waals surface area contributed by atoms with Crippen molar-refractivity contribution in [3.05, 3.63) is 41.7 Å². The number of piperazine rings is 1. The van der Waals surface area contributed by atoms with Crippen molar-refractivity contribution in [2.24, 2.45) is 10.9 Å². The Morgan fingerprint density at radius 2 is 1.96 bits per heavy atom. The van der Waals surface area contributed by atoms with Crippen LogP contribution in [0.4, 0.5) is 5.13 Å². The molecule has 0 spiro atoms. The van der Waals surface area contributed by atoms with Gasteiger partial charge in [0.2, 0.25) is 5.13 Å². The Hall–Kier alpha value is -1.42. The van der Waals surface area contributed by atoms with Crippen molar-refractivity contribution in [3.63, 3.8) is 0 Å². The van der Waals surface area contributed by atoms with E-state index in [-0.39, 0.29) is 24.0 Å². The topological polar surface area (TPSA) is 56.7 Å². The summed E-state index contributed by atoms with van der Waals surface area (Å²) in [4.78, 5) is 13.9. The Balaban J connectivity index is 0.00000225. The zero-order chi connectivity index (χ0) is 18.6. The SMILES string of the molecule is CCc1nsc(N2CCN(C(=NC)NC3CC3Cc3ccccc3)CC2)n1.I. The maximum Gasteiger partial charge on any atom is 0.205 e. The van der Waals surface area contributed by atoms with Gasteiger partial charge in [0.05, 0.1) is 0 Å². The molecule has 1 saturated carbocycles. The van der Waals surface area contributed by atoms with Gasteiger partial charge in [0.15, 0.2) is 5.96 Å². The molecular weight excluding hydrogens is 483 g/mol. The second kappa shape index (κ2) is 9.87. The normalized spacial score (nSPS) is 22.0. The first kappa shape index (κ1) is 21.3. The van der Waals surface area contributed by atoms with Gasteiger partial charge in [0.1, 0.15) is 5.82 Å². The number of nitrogens with one attached hydrogen (secondary N) is 1. The second-order valence-corrected chi connectivity index (χ2v) is 8.03. The summed E-state index contributed by atoms with van der Waals surface area (Å²) in [5.74, 6) is 2.72. The fraction of sp³-hybridized carbons (Fsp3) is 0.550. The summed E-state index contributed by atoms with van der Waals surface area (Å²) in [5, 5.41) is 4.74. The Morgan fingerprint density at radius 1 is 1.21 bits per heavy atom. The minimum atomic E-state index is 0. The van der Waals surface area contributed by atoms with E-state index in [4.69, 9.17) is 0 Å². The lowest BCUT2D eigenvalue weighted by Crippen LogP contribution is -2.53. The minimum Gasteiger partial charge on any atom is -0.353 e. The number of aliphatic imine (C=N–C) groups is 1. The largest absolute Gasteiger partial charge is 0.353 e. The van der Waals surface area contributed by atoms with Crippen molar-refractivity contribution in [3.8, 4) is 0 Å². The van der Waals surface area contributed by atoms with Gasteiger partial charge in [-0.25, -0.2) is 4.98 Å². The number of guanidine groups is 1. The predicted molar refractivity (Wildman–Crippen MR) is 127 cm³/mol. The Bertz CT molecular complexity index is 772. The second-order valence-electron chi connectivity index (χ2n) is 7.30. The molecule has 8 heteroatoms. The van der Waals surface area contributed by atoms with E-state index in [1.54, 1.807) is 0 Å². The molecule has 152 valence electrons. The van der Waals surface area contributed by atoms with Crippen molar-refractivity contribution < 1.29 is 0 Å². The van der Waals surface area contributed by atoms with Crippen LogP contribution in [0.2, 0.25) is 0 Å². The number of rotatable bonds is 5. The number of anilines is 1. The summed E-state index contributed by atoms with van der Waals surface area (Å²) < 4.78 is 4.41. The molecule has 1 aliphatic carbocycles. The van der Waals surface area contributed by atoms with Gasteiger partial charge in [-0.2, -0.15) is 4.37 Å². The molecule has 1 saturated heterocycles. The number of benzene rings is 1. The fourth-order valence-electron chi connectivity index (χ4n) is 3.66. The van der Waals surface area contributed by atoms with Crippen molar-refractivity contribution in [1.29, 1.82) is 0 Å². The lowest BCUT2D eigenvalue weighted by Gasteiger charge is -2.36. The van der Waals surface area contributed by atoms with E-state index >= 15 is 0 Å². The maximum absolute atomic E-state index is 4.62. The molecule has 1 N–H and O–H groups in total. The average molecular weight is 512 g/mol. The van der Waals surface area contributed by atoms with E-state index in [0.717, 1.165) is 61.9 Å². The number of hydrogen-bond acceptors (Lipinski definition) is 5. The third-order valence-electron chi connectivity index (χ3n) is 5.41. The number of nitrogens with zero attached hydrogens (tertiary/aromatic N) is 5. The first-order valence-corrected chi connectivity index (χ1v) is 10.6. The molecule has 2 unspecified atom stereocenters. The molecule has 1 aromatic carbocycles. The van der Waals surface area contributed by atoms with Crippen LogP contribution < -0.4 is 10.2 Å². The van der Waals surface area contributed by atoms with E-state index in [0.29, 0.717) is 6.04 Å². The molecule has 1 aliphatic heterocycles. The Kier molecular flexibility index (Phi) is 7.50. The quantitative estimate of drug-likeness (QED) is 0.379. The van der Waals surface area contributed by atoms with Crippen LogP contribution in [0.5, 0.6) is 0 Å². The Morgan fingerprint density at radius 3 is 2.61 bits per heavy atom. The number of halogens is 1. The Labute approximate surface area is 188 Å². The molecule has 2 aromatic rings. The predicted octanol–water partition coefficient (Wildman–Crippen LogP) is 3.05. The maximum atomic E-state index is 4.62. The zero-order valence-electron chi connectivity index (χ0n) is 16.5. The average Bonchev–Trinajstić information content (AvgIpc) is 3.26. The summed E-state index contributed by atoms with van der Waals surface area (Å²) in [6.45, 7) is 5.98. The van der Waals surface area contributed by atoms with Crippen LogP contribution >= 0.6 is 35.5 Å². The summed E-state index contributed by atoms with van der Waals surface area (Å²) in [6.07, 6.45) is 3.29. The van der Waals surface area contributed by atoms with Gasteiger partial charge in [0.25, 0.3) is 0 Å². The summed E-state index contributed by atoms with van der Waals surface area (Å²) in [7, 11) is 1.89. The van der Waals surface area contributed by atoms with Gasteiger partial charge in [-0.15, -0.1) is 24.0 Å². The molecule has 2 heterocycles. The number of aryl methyl sites for hydroxylation is 1. The van der Waals surface area contributed by atoms with Crippen LogP contribution in [0.25, 0.3) is 0 Å². The first-order chi connectivity index (χ1) is 13.3. The monoisotopic (exact) mass is 512 g/mol. The van der Waals surface area contributed by atoms with Crippen LogP contribution in [-0.2, 0) is 12.8 Å². The van der Waals surface area contributed by atoms with Crippen LogP contribution in [-0.4, -0.2) is 59.5 Å². The van der Waals surface area contributed by atoms with E-state index < -0.39 is 0 Å². The zero-order valence-corrected chi connectivity index (χ0v) is 19.7. The van der Waals surface area contributed by atoms with E-state index in [9.17, 15) is 0 Å². The van der Waals surface area contributed by atoms with Gasteiger partial charge in [0, 0.05) is 57.2 Å². The van der Waals surface area contributed by atoms with Crippen LogP contribution in [0.1, 0.15) is 24.7 Å². The number of aromatic nitrogens is 2. The highest BCUT2D eigenvalue weighted by atomic mass is 127. The summed E-state index contributed by atoms with van der Waals surface area (Å²) >= 11 is 1.52. The number of hydrogen-bond donors (Lipinski definition) is 1. The van der Waals surface area contributed by atoms with Gasteiger partial charge >= 0.3 is 0 Å². The molecular formula is C20H29IN6S. The molecule has 28 heavy (non-hydrogen) atoms. The van der Waals surface area contributed by atoms with Crippen LogP contribution in [0.3, 0.4) is 0 Å². The molecule has 4 rings (SSSR count). The lowest BCUT2D eigenvalue weighted by atomic mass is 10.1. The molecule has 2 fully saturated rings. The van der Waals surface area contributed by atoms with Crippen molar-refractivity contribution in [1.82, 2.24) is 19.6 Å². The fourth-order valence-corrected chi connectivity index (χ4v) is 4.46. The van der Waals surface area contributed by atoms with Gasteiger partial charge in [-0.3, -0.25) is 4.99 Å². The van der Waals surface area contributed by atoms with Crippen molar-refractivity contribution in [2.45, 2.75) is 32.2 Å². The highest BCUT2D eigenvalue weighted by Gasteiger charge is 2.38. The van der Waals surface area contributed by atoms with E-state index in [1.165, 1.54) is 23.5 Å². The van der Waals surface area contributed by atoms with Gasteiger partial charge < -0.3 is 15.1 Å². The molecule has 0 radical (unpaired) electrons. The molecule has 1 aromatic heterocycles. The van der Waals surface area contributed by atoms with Crippen molar-refractivity contribution in [2.75, 3.05) is 38.1 Å². The van der Waals surface area contributed by atoms with E-state index in [1.807, 2.05) is 7.05 Å².